The quantitative estimate of drug-likeness (QED) is 0.838. The van der Waals surface area contributed by atoms with Crippen LogP contribution in [0.4, 0.5) is 5.69 Å². The lowest BCUT2D eigenvalue weighted by Crippen LogP contribution is -2.07. The number of amides is 1. The summed E-state index contributed by atoms with van der Waals surface area (Å²) in [6.45, 7) is 2.53. The monoisotopic (exact) mass is 267 g/mol. The second kappa shape index (κ2) is 7.14. The van der Waals surface area contributed by atoms with Crippen LogP contribution in [-0.2, 0) is 4.79 Å². The Labute approximate surface area is 118 Å². The van der Waals surface area contributed by atoms with Crippen LogP contribution >= 0.6 is 0 Å². The largest absolute Gasteiger partial charge is 0.494 e. The van der Waals surface area contributed by atoms with Crippen molar-refractivity contribution in [1.82, 2.24) is 0 Å². The van der Waals surface area contributed by atoms with E-state index in [1.165, 1.54) is 6.08 Å². The molecule has 0 atom stereocenters. The predicted molar refractivity (Wildman–Crippen MR) is 81.7 cm³/mol. The van der Waals surface area contributed by atoms with Crippen LogP contribution in [0.25, 0.3) is 6.08 Å². The minimum atomic E-state index is -0.164. The first kappa shape index (κ1) is 13.9. The summed E-state index contributed by atoms with van der Waals surface area (Å²) in [5, 5.41) is 2.81. The molecule has 2 rings (SSSR count). The maximum atomic E-state index is 11.8. The molecule has 0 radical (unpaired) electrons. The number of carbonyl (C=O) groups is 1. The van der Waals surface area contributed by atoms with Crippen molar-refractivity contribution in [2.45, 2.75) is 6.92 Å². The van der Waals surface area contributed by atoms with Crippen molar-refractivity contribution in [1.29, 1.82) is 0 Å². The highest BCUT2D eigenvalue weighted by Gasteiger charge is 1.99. The van der Waals surface area contributed by atoms with Crippen molar-refractivity contribution < 1.29 is 9.53 Å². The number of benzene rings is 2. The summed E-state index contributed by atoms with van der Waals surface area (Å²) in [4.78, 5) is 11.8. The molecule has 0 saturated heterocycles. The summed E-state index contributed by atoms with van der Waals surface area (Å²) in [6.07, 6.45) is 3.30. The molecule has 3 heteroatoms. The highest BCUT2D eigenvalue weighted by atomic mass is 16.5. The zero-order valence-electron chi connectivity index (χ0n) is 11.4. The van der Waals surface area contributed by atoms with Crippen LogP contribution in [0, 0.1) is 0 Å². The van der Waals surface area contributed by atoms with Crippen molar-refractivity contribution in [3.8, 4) is 5.75 Å². The van der Waals surface area contributed by atoms with Crippen LogP contribution < -0.4 is 10.1 Å². The van der Waals surface area contributed by atoms with Crippen LogP contribution in [0.3, 0.4) is 0 Å². The molecule has 0 aliphatic carbocycles. The Balaban J connectivity index is 1.97. The van der Waals surface area contributed by atoms with E-state index in [-0.39, 0.29) is 5.91 Å². The van der Waals surface area contributed by atoms with E-state index in [2.05, 4.69) is 5.32 Å². The van der Waals surface area contributed by atoms with Crippen molar-refractivity contribution in [2.24, 2.45) is 0 Å². The summed E-state index contributed by atoms with van der Waals surface area (Å²) in [7, 11) is 0. The number of hydrogen-bond acceptors (Lipinski definition) is 2. The summed E-state index contributed by atoms with van der Waals surface area (Å²) in [5.41, 5.74) is 1.71. The molecule has 2 aromatic carbocycles. The minimum absolute atomic E-state index is 0.164. The molecule has 0 saturated carbocycles. The Morgan fingerprint density at radius 2 is 1.95 bits per heavy atom. The molecular weight excluding hydrogens is 250 g/mol. The highest BCUT2D eigenvalue weighted by Crippen LogP contribution is 2.17. The average Bonchev–Trinajstić information content (AvgIpc) is 2.47. The molecular formula is C17H17NO2. The second-order valence-electron chi connectivity index (χ2n) is 4.19. The molecule has 0 heterocycles. The van der Waals surface area contributed by atoms with Crippen LogP contribution in [0.1, 0.15) is 12.5 Å². The molecule has 3 nitrogen and oxygen atoms in total. The minimum Gasteiger partial charge on any atom is -0.494 e. The maximum Gasteiger partial charge on any atom is 0.248 e. The van der Waals surface area contributed by atoms with Gasteiger partial charge in [-0.05, 0) is 30.7 Å². The van der Waals surface area contributed by atoms with Crippen LogP contribution in [0.2, 0.25) is 0 Å². The van der Waals surface area contributed by atoms with Gasteiger partial charge in [0.2, 0.25) is 5.91 Å². The normalized spacial score (nSPS) is 10.4. The molecule has 20 heavy (non-hydrogen) atoms. The lowest BCUT2D eigenvalue weighted by Gasteiger charge is -2.06. The molecule has 102 valence electrons. The van der Waals surface area contributed by atoms with Gasteiger partial charge < -0.3 is 10.1 Å². The van der Waals surface area contributed by atoms with E-state index in [0.29, 0.717) is 6.61 Å². The Bertz CT molecular complexity index is 591. The van der Waals surface area contributed by atoms with Gasteiger partial charge in [0.1, 0.15) is 5.75 Å². The molecule has 1 N–H and O–H groups in total. The zero-order valence-corrected chi connectivity index (χ0v) is 11.4. The van der Waals surface area contributed by atoms with Crippen molar-refractivity contribution in [2.75, 3.05) is 11.9 Å². The smallest absolute Gasteiger partial charge is 0.248 e. The highest BCUT2D eigenvalue weighted by molar-refractivity contribution is 6.02. The van der Waals surface area contributed by atoms with Crippen molar-refractivity contribution in [3.05, 3.63) is 66.2 Å². The van der Waals surface area contributed by atoms with Crippen molar-refractivity contribution in [3.63, 3.8) is 0 Å². The lowest BCUT2D eigenvalue weighted by molar-refractivity contribution is -0.111. The van der Waals surface area contributed by atoms with E-state index < -0.39 is 0 Å². The number of ether oxygens (including phenoxy) is 1. The fourth-order valence-electron chi connectivity index (χ4n) is 1.75. The number of hydrogen-bond donors (Lipinski definition) is 1. The zero-order chi connectivity index (χ0) is 14.2. The van der Waals surface area contributed by atoms with Gasteiger partial charge in [0.15, 0.2) is 0 Å². The molecule has 0 aliphatic rings. The van der Waals surface area contributed by atoms with Gasteiger partial charge >= 0.3 is 0 Å². The fraction of sp³-hybridized carbons (Fsp3) is 0.118. The molecule has 0 unspecified atom stereocenters. The van der Waals surface area contributed by atoms with Crippen LogP contribution in [-0.4, -0.2) is 12.5 Å². The van der Waals surface area contributed by atoms with E-state index in [0.717, 1.165) is 17.0 Å². The first-order valence-electron chi connectivity index (χ1n) is 6.55. The first-order chi connectivity index (χ1) is 9.78. The number of anilines is 1. The lowest BCUT2D eigenvalue weighted by atomic mass is 10.2. The van der Waals surface area contributed by atoms with E-state index in [1.54, 1.807) is 12.1 Å². The number of carbonyl (C=O) groups excluding carboxylic acids is 1. The van der Waals surface area contributed by atoms with Crippen LogP contribution in [0.15, 0.2) is 60.7 Å². The second-order valence-corrected chi connectivity index (χ2v) is 4.19. The topological polar surface area (TPSA) is 38.3 Å². The van der Waals surface area contributed by atoms with Gasteiger partial charge in [0.05, 0.1) is 6.61 Å². The van der Waals surface area contributed by atoms with Gasteiger partial charge in [-0.15, -0.1) is 0 Å². The fourth-order valence-corrected chi connectivity index (χ4v) is 1.75. The summed E-state index contributed by atoms with van der Waals surface area (Å²) >= 11 is 0. The maximum absolute atomic E-state index is 11.8. The summed E-state index contributed by atoms with van der Waals surface area (Å²) in [6, 6.07) is 17.0. The SMILES string of the molecule is CCOc1cccc(NC(=O)C=Cc2ccccc2)c1. The Kier molecular flexibility index (Phi) is 4.95. The third-order valence-electron chi connectivity index (χ3n) is 2.64. The molecule has 0 spiro atoms. The number of rotatable bonds is 5. The first-order valence-corrected chi connectivity index (χ1v) is 6.55. The molecule has 0 aromatic heterocycles. The number of nitrogens with one attached hydrogen (secondary N) is 1. The van der Waals surface area contributed by atoms with Gasteiger partial charge in [0, 0.05) is 17.8 Å². The van der Waals surface area contributed by atoms with E-state index in [1.807, 2.05) is 55.5 Å². The standard InChI is InChI=1S/C17H17NO2/c1-2-20-16-10-6-9-15(13-16)18-17(19)12-11-14-7-4-3-5-8-14/h3-13H,2H2,1H3,(H,18,19). The van der Waals surface area contributed by atoms with Crippen LogP contribution in [0.5, 0.6) is 5.75 Å². The molecule has 1 amide bonds. The van der Waals surface area contributed by atoms with E-state index >= 15 is 0 Å². The van der Waals surface area contributed by atoms with Gasteiger partial charge in [-0.25, -0.2) is 0 Å². The molecule has 0 fully saturated rings. The Hall–Kier alpha value is -2.55. The predicted octanol–water partition coefficient (Wildman–Crippen LogP) is 3.74. The molecule has 2 aromatic rings. The Morgan fingerprint density at radius 1 is 1.15 bits per heavy atom. The van der Waals surface area contributed by atoms with Gasteiger partial charge in [0.25, 0.3) is 0 Å². The average molecular weight is 267 g/mol. The summed E-state index contributed by atoms with van der Waals surface area (Å²) < 4.78 is 5.39. The molecule has 0 aliphatic heterocycles. The van der Waals surface area contributed by atoms with Gasteiger partial charge in [-0.3, -0.25) is 4.79 Å². The summed E-state index contributed by atoms with van der Waals surface area (Å²) in [5.74, 6) is 0.583. The third-order valence-corrected chi connectivity index (χ3v) is 2.64. The van der Waals surface area contributed by atoms with E-state index in [4.69, 9.17) is 4.74 Å². The van der Waals surface area contributed by atoms with Gasteiger partial charge in [-0.2, -0.15) is 0 Å². The Morgan fingerprint density at radius 3 is 2.70 bits per heavy atom. The van der Waals surface area contributed by atoms with Gasteiger partial charge in [-0.1, -0.05) is 36.4 Å². The van der Waals surface area contributed by atoms with Crippen molar-refractivity contribution >= 4 is 17.7 Å². The third kappa shape index (κ3) is 4.28. The van der Waals surface area contributed by atoms with E-state index in [9.17, 15) is 4.79 Å². The molecule has 0 bridgehead atoms.